The molecule has 0 saturated carbocycles. The summed E-state index contributed by atoms with van der Waals surface area (Å²) in [6.07, 6.45) is 0.228. The zero-order chi connectivity index (χ0) is 26.3. The number of nitrogens with zero attached hydrogens (tertiary/aromatic N) is 2. The lowest BCUT2D eigenvalue weighted by Gasteiger charge is -2.50. The Balaban J connectivity index is 0.00000361. The molecule has 1 amide bonds. The van der Waals surface area contributed by atoms with Crippen molar-refractivity contribution in [2.75, 3.05) is 38.8 Å². The van der Waals surface area contributed by atoms with Crippen molar-refractivity contribution in [2.45, 2.75) is 24.5 Å². The lowest BCUT2D eigenvalue weighted by molar-refractivity contribution is -0.148. The number of nitrogen functional groups attached to an aromatic ring is 1. The van der Waals surface area contributed by atoms with Gasteiger partial charge in [-0.3, -0.25) is 19.3 Å². The fourth-order valence-corrected chi connectivity index (χ4v) is 6.88. The summed E-state index contributed by atoms with van der Waals surface area (Å²) in [6.45, 7) is 0. The lowest BCUT2D eigenvalue weighted by atomic mass is 9.58. The van der Waals surface area contributed by atoms with Crippen molar-refractivity contribution in [3.05, 3.63) is 37.4 Å². The molecular weight excluding hydrogens is 698 g/mol. The van der Waals surface area contributed by atoms with Crippen molar-refractivity contribution in [2.24, 2.45) is 17.6 Å². The van der Waals surface area contributed by atoms with Gasteiger partial charge < -0.3 is 36.8 Å². The first-order chi connectivity index (χ1) is 16.2. The summed E-state index contributed by atoms with van der Waals surface area (Å²) in [5.74, 6) is -6.95. The van der Waals surface area contributed by atoms with E-state index in [2.05, 4.69) is 0 Å². The number of halogens is 2. The number of aromatic hydroxyl groups is 1. The second kappa shape index (κ2) is 9.33. The van der Waals surface area contributed by atoms with Crippen LogP contribution in [0.4, 0.5) is 11.4 Å². The van der Waals surface area contributed by atoms with E-state index in [1.54, 1.807) is 33.1 Å². The Morgan fingerprint density at radius 3 is 2.22 bits per heavy atom. The summed E-state index contributed by atoms with van der Waals surface area (Å²) in [7, 11) is 6.72. The minimum atomic E-state index is -2.67. The molecule has 1 aromatic carbocycles. The highest BCUT2D eigenvalue weighted by molar-refractivity contribution is 14.1. The van der Waals surface area contributed by atoms with Crippen molar-refractivity contribution >= 4 is 75.4 Å². The highest BCUT2D eigenvalue weighted by Gasteiger charge is 2.63. The number of amides is 1. The molecule has 3 unspecified atom stereocenters. The van der Waals surface area contributed by atoms with Crippen LogP contribution in [-0.2, 0) is 16.0 Å². The number of anilines is 2. The van der Waals surface area contributed by atoms with Crippen LogP contribution in [0.5, 0.6) is 5.75 Å². The molecule has 4 rings (SSSR count). The molecule has 4 atom stereocenters. The smallest absolute Gasteiger partial charge is 0.255 e. The molecule has 8 N–H and O–H groups in total. The van der Waals surface area contributed by atoms with Crippen LogP contribution in [-0.4, -0.2) is 82.6 Å². The van der Waals surface area contributed by atoms with Gasteiger partial charge in [0.2, 0.25) is 5.78 Å². The first-order valence-electron chi connectivity index (χ1n) is 10.8. The highest BCUT2D eigenvalue weighted by Crippen LogP contribution is 2.54. The van der Waals surface area contributed by atoms with Gasteiger partial charge >= 0.3 is 0 Å². The van der Waals surface area contributed by atoms with E-state index in [0.29, 0.717) is 14.8 Å². The predicted octanol–water partition coefficient (Wildman–Crippen LogP) is 0.991. The molecule has 3 aliphatic rings. The number of hydrogen-bond acceptors (Lipinski definition) is 10. The highest BCUT2D eigenvalue weighted by atomic mass is 127. The first kappa shape index (κ1) is 28.5. The van der Waals surface area contributed by atoms with E-state index in [1.807, 2.05) is 22.6 Å². The fraction of sp³-hybridized carbons (Fsp3) is 0.435. The Morgan fingerprint density at radius 1 is 1.14 bits per heavy atom. The molecule has 0 bridgehead atoms. The number of nitrogens with two attached hydrogens (primary N) is 2. The van der Waals surface area contributed by atoms with Gasteiger partial charge in [-0.1, -0.05) is 0 Å². The molecule has 13 heteroatoms. The zero-order valence-corrected chi connectivity index (χ0v) is 24.5. The molecule has 1 aromatic rings. The average molecular weight is 726 g/mol. The number of carbonyl (C=O) groups excluding carboxylic acids is 3. The number of likely N-dealkylation sites (N-methyl/N-ethyl adjacent to an activating group) is 1. The standard InChI is InChI=1S/C23H27IN4O7.HI/c1-27(2)15-8-5-7-6-9-16(28(3)4)19(31)12(22(26)34)21(33)23(9,35)20(32)10(7)17(29)11(8)18(30)14(25)13(15)24;/h7,9,16,30-32,35H,5-6,25H2,1-4H3,(H2,26,34);1H/t7?,9?,16-,23?;/m0./s1. The third-order valence-electron chi connectivity index (χ3n) is 7.29. The normalized spacial score (nSPS) is 27.4. The zero-order valence-electron chi connectivity index (χ0n) is 20.0. The van der Waals surface area contributed by atoms with Crippen LogP contribution in [0.15, 0.2) is 22.7 Å². The minimum Gasteiger partial charge on any atom is -0.510 e. The number of aliphatic hydroxyl groups is 3. The number of phenolic OH excluding ortho intramolecular Hbond substituents is 1. The Kier molecular flexibility index (Phi) is 7.37. The third-order valence-corrected chi connectivity index (χ3v) is 8.38. The molecule has 0 aliphatic heterocycles. The van der Waals surface area contributed by atoms with Crippen molar-refractivity contribution in [3.63, 3.8) is 0 Å². The second-order valence-electron chi connectivity index (χ2n) is 9.64. The Bertz CT molecular complexity index is 1270. The van der Waals surface area contributed by atoms with E-state index < -0.39 is 63.8 Å². The van der Waals surface area contributed by atoms with Gasteiger partial charge in [0, 0.05) is 25.6 Å². The number of carbonyl (C=O) groups is 3. The van der Waals surface area contributed by atoms with Gasteiger partial charge in [-0.15, -0.1) is 24.0 Å². The summed E-state index contributed by atoms with van der Waals surface area (Å²) in [6, 6.07) is -1.03. The Hall–Kier alpha value is -2.11. The molecule has 0 aromatic heterocycles. The summed E-state index contributed by atoms with van der Waals surface area (Å²) in [4.78, 5) is 42.3. The Labute approximate surface area is 238 Å². The summed E-state index contributed by atoms with van der Waals surface area (Å²) < 4.78 is 0.561. The van der Waals surface area contributed by atoms with Gasteiger partial charge in [0.1, 0.15) is 17.1 Å². The summed E-state index contributed by atoms with van der Waals surface area (Å²) in [5.41, 5.74) is 8.75. The van der Waals surface area contributed by atoms with Crippen LogP contribution in [0, 0.1) is 15.4 Å². The third kappa shape index (κ3) is 3.60. The molecule has 3 aliphatic carbocycles. The monoisotopic (exact) mass is 726 g/mol. The number of aliphatic hydroxyl groups excluding tert-OH is 2. The van der Waals surface area contributed by atoms with Gasteiger partial charge in [0.25, 0.3) is 5.91 Å². The molecule has 0 saturated heterocycles. The molecule has 0 fully saturated rings. The van der Waals surface area contributed by atoms with Crippen molar-refractivity contribution in [3.8, 4) is 5.75 Å². The molecule has 0 spiro atoms. The van der Waals surface area contributed by atoms with Crippen LogP contribution >= 0.6 is 46.6 Å². The van der Waals surface area contributed by atoms with Crippen LogP contribution < -0.4 is 16.4 Å². The lowest BCUT2D eigenvalue weighted by Crippen LogP contribution is -2.63. The number of ketones is 2. The fourth-order valence-electron chi connectivity index (χ4n) is 5.82. The maximum Gasteiger partial charge on any atom is 0.255 e. The van der Waals surface area contributed by atoms with Crippen LogP contribution in [0.2, 0.25) is 0 Å². The van der Waals surface area contributed by atoms with Gasteiger partial charge in [-0.25, -0.2) is 0 Å². The van der Waals surface area contributed by atoms with Gasteiger partial charge in [0.15, 0.2) is 17.1 Å². The van der Waals surface area contributed by atoms with Crippen LogP contribution in [0.25, 0.3) is 0 Å². The number of rotatable bonds is 3. The average Bonchev–Trinajstić information content (AvgIpc) is 2.74. The minimum absolute atomic E-state index is 0. The van der Waals surface area contributed by atoms with E-state index in [-0.39, 0.29) is 53.6 Å². The van der Waals surface area contributed by atoms with E-state index in [9.17, 15) is 34.8 Å². The quantitative estimate of drug-likeness (QED) is 0.113. The SMILES string of the molecule is CN(C)c1c(I)c(N)c(O)c2c1CC1CC3[C@H](N(C)C)C(O)=C(C(N)=O)C(=O)C3(O)C(O)=C1C2=O.I. The van der Waals surface area contributed by atoms with Crippen molar-refractivity contribution in [1.29, 1.82) is 0 Å². The van der Waals surface area contributed by atoms with Gasteiger partial charge in [-0.05, 0) is 61.0 Å². The number of phenols is 1. The van der Waals surface area contributed by atoms with Crippen LogP contribution in [0.1, 0.15) is 22.3 Å². The predicted molar refractivity (Wildman–Crippen MR) is 151 cm³/mol. The molecule has 0 radical (unpaired) electrons. The molecule has 0 heterocycles. The van der Waals surface area contributed by atoms with E-state index in [4.69, 9.17) is 11.5 Å². The van der Waals surface area contributed by atoms with Crippen molar-refractivity contribution in [1.82, 2.24) is 4.90 Å². The number of benzene rings is 1. The number of primary amides is 1. The maximum atomic E-state index is 13.7. The number of allylic oxidation sites excluding steroid dienone is 1. The molecular formula is C23H28I2N4O7. The van der Waals surface area contributed by atoms with Crippen molar-refractivity contribution < 1.29 is 34.8 Å². The van der Waals surface area contributed by atoms with E-state index in [1.165, 1.54) is 4.90 Å². The second-order valence-corrected chi connectivity index (χ2v) is 10.7. The first-order valence-corrected chi connectivity index (χ1v) is 11.9. The maximum absolute atomic E-state index is 13.7. The van der Waals surface area contributed by atoms with Gasteiger partial charge in [-0.2, -0.15) is 0 Å². The largest absolute Gasteiger partial charge is 0.510 e. The molecule has 36 heavy (non-hydrogen) atoms. The summed E-state index contributed by atoms with van der Waals surface area (Å²) >= 11 is 1.99. The number of Topliss-reactive ketones (excluding diaryl/α,β-unsaturated/α-hetero) is 2. The summed E-state index contributed by atoms with van der Waals surface area (Å²) in [5, 5.41) is 44.5. The Morgan fingerprint density at radius 2 is 1.72 bits per heavy atom. The topological polar surface area (TPSA) is 191 Å². The van der Waals surface area contributed by atoms with E-state index in [0.717, 1.165) is 0 Å². The van der Waals surface area contributed by atoms with E-state index >= 15 is 0 Å². The molecule has 196 valence electrons. The molecule has 11 nitrogen and oxygen atoms in total. The number of fused-ring (bicyclic) bond motifs is 3. The number of hydrogen-bond donors (Lipinski definition) is 6. The van der Waals surface area contributed by atoms with Crippen LogP contribution in [0.3, 0.4) is 0 Å². The van der Waals surface area contributed by atoms with Gasteiger partial charge in [0.05, 0.1) is 26.6 Å².